The summed E-state index contributed by atoms with van der Waals surface area (Å²) in [6.07, 6.45) is 5.80. The number of nitrogens with one attached hydrogen (secondary N) is 3. The molecule has 2 saturated heterocycles. The van der Waals surface area contributed by atoms with Crippen molar-refractivity contribution in [1.82, 2.24) is 30.5 Å². The van der Waals surface area contributed by atoms with Crippen LogP contribution in [-0.4, -0.2) is 46.2 Å². The topological polar surface area (TPSA) is 83.4 Å². The third-order valence-electron chi connectivity index (χ3n) is 5.46. The van der Waals surface area contributed by atoms with Crippen LogP contribution < -0.4 is 16.0 Å². The van der Waals surface area contributed by atoms with Crippen molar-refractivity contribution < 1.29 is 4.79 Å². The molecule has 4 heterocycles. The van der Waals surface area contributed by atoms with E-state index in [2.05, 4.69) is 26.1 Å². The molecular weight excluding hydrogens is 316 g/mol. The second kappa shape index (κ2) is 7.49. The lowest BCUT2D eigenvalue weighted by molar-refractivity contribution is -0.121. The summed E-state index contributed by atoms with van der Waals surface area (Å²) in [6.45, 7) is 3.79. The van der Waals surface area contributed by atoms with E-state index < -0.39 is 0 Å². The Labute approximate surface area is 147 Å². The molecule has 0 aliphatic carbocycles. The molecule has 7 nitrogen and oxygen atoms in total. The number of nitrogens with zero attached hydrogens (tertiary/aromatic N) is 3. The van der Waals surface area contributed by atoms with E-state index >= 15 is 0 Å². The van der Waals surface area contributed by atoms with Gasteiger partial charge in [-0.15, -0.1) is 10.2 Å². The number of carbonyl (C=O) groups excluding carboxylic acids is 1. The van der Waals surface area contributed by atoms with Gasteiger partial charge in [-0.3, -0.25) is 9.20 Å². The van der Waals surface area contributed by atoms with Gasteiger partial charge in [-0.1, -0.05) is 6.07 Å². The molecule has 0 unspecified atom stereocenters. The van der Waals surface area contributed by atoms with Crippen LogP contribution in [-0.2, 0) is 11.3 Å². The summed E-state index contributed by atoms with van der Waals surface area (Å²) < 4.78 is 1.90. The van der Waals surface area contributed by atoms with E-state index in [1.54, 1.807) is 0 Å². The summed E-state index contributed by atoms with van der Waals surface area (Å²) in [6, 6.07) is 6.32. The van der Waals surface area contributed by atoms with Gasteiger partial charge in [0.2, 0.25) is 5.91 Å². The Morgan fingerprint density at radius 2 is 2.24 bits per heavy atom. The Hall–Kier alpha value is -1.99. The zero-order valence-corrected chi connectivity index (χ0v) is 14.4. The Morgan fingerprint density at radius 3 is 3.20 bits per heavy atom. The van der Waals surface area contributed by atoms with Gasteiger partial charge in [0.15, 0.2) is 11.5 Å². The van der Waals surface area contributed by atoms with Crippen LogP contribution >= 0.6 is 0 Å². The number of aromatic nitrogens is 3. The molecule has 2 aliphatic heterocycles. The van der Waals surface area contributed by atoms with Gasteiger partial charge in [-0.25, -0.2) is 0 Å². The third kappa shape index (κ3) is 3.82. The molecule has 0 saturated carbocycles. The van der Waals surface area contributed by atoms with Crippen LogP contribution in [0.5, 0.6) is 0 Å². The number of rotatable bonds is 6. The first-order valence-corrected chi connectivity index (χ1v) is 9.29. The van der Waals surface area contributed by atoms with Crippen LogP contribution in [0.4, 0.5) is 0 Å². The van der Waals surface area contributed by atoms with Gasteiger partial charge in [0, 0.05) is 18.7 Å². The molecule has 2 aliphatic rings. The first-order chi connectivity index (χ1) is 12.3. The van der Waals surface area contributed by atoms with E-state index in [9.17, 15) is 4.79 Å². The molecule has 2 aromatic heterocycles. The van der Waals surface area contributed by atoms with E-state index in [0.717, 1.165) is 55.8 Å². The fourth-order valence-electron chi connectivity index (χ4n) is 4.11. The van der Waals surface area contributed by atoms with Gasteiger partial charge in [0.25, 0.3) is 0 Å². The SMILES string of the molecule is O=C(CCC[C@@H]1NC[C@@H]2CNC[C@H]1C2)NCc1nnc2ccccn12. The van der Waals surface area contributed by atoms with Crippen molar-refractivity contribution in [2.75, 3.05) is 19.6 Å². The molecule has 0 radical (unpaired) electrons. The van der Waals surface area contributed by atoms with Crippen LogP contribution in [0.1, 0.15) is 31.5 Å². The molecule has 3 N–H and O–H groups in total. The van der Waals surface area contributed by atoms with Crippen LogP contribution in [0, 0.1) is 11.8 Å². The average molecular weight is 342 g/mol. The van der Waals surface area contributed by atoms with E-state index in [-0.39, 0.29) is 5.91 Å². The van der Waals surface area contributed by atoms with Crippen LogP contribution in [0.2, 0.25) is 0 Å². The molecule has 2 fully saturated rings. The second-order valence-corrected chi connectivity index (χ2v) is 7.25. The van der Waals surface area contributed by atoms with Gasteiger partial charge in [-0.05, 0) is 62.9 Å². The van der Waals surface area contributed by atoms with E-state index in [1.165, 1.54) is 6.42 Å². The van der Waals surface area contributed by atoms with Gasteiger partial charge in [-0.2, -0.15) is 0 Å². The summed E-state index contributed by atoms with van der Waals surface area (Å²) >= 11 is 0. The second-order valence-electron chi connectivity index (χ2n) is 7.25. The maximum Gasteiger partial charge on any atom is 0.220 e. The van der Waals surface area contributed by atoms with Gasteiger partial charge < -0.3 is 16.0 Å². The summed E-state index contributed by atoms with van der Waals surface area (Å²) in [5.74, 6) is 2.36. The van der Waals surface area contributed by atoms with Crippen molar-refractivity contribution in [3.63, 3.8) is 0 Å². The van der Waals surface area contributed by atoms with Crippen LogP contribution in [0.15, 0.2) is 24.4 Å². The van der Waals surface area contributed by atoms with Crippen molar-refractivity contribution >= 4 is 11.6 Å². The molecular formula is C18H26N6O. The minimum atomic E-state index is 0.0862. The number of carbonyl (C=O) groups is 1. The van der Waals surface area contributed by atoms with Crippen LogP contribution in [0.3, 0.4) is 0 Å². The zero-order valence-electron chi connectivity index (χ0n) is 14.4. The van der Waals surface area contributed by atoms with Crippen molar-refractivity contribution in [2.45, 2.75) is 38.3 Å². The van der Waals surface area contributed by atoms with Crippen molar-refractivity contribution in [3.05, 3.63) is 30.2 Å². The molecule has 4 rings (SSSR count). The standard InChI is InChI=1S/C18H26N6O/c25-18(21-12-17-23-22-16-5-1-2-7-24(16)17)6-3-4-15-14-8-13(10-20-15)9-19-11-14/h1-2,5,7,13-15,19-20H,3-4,6,8-12H2,(H,21,25)/t13-,14+,15-/m0/s1. The highest BCUT2D eigenvalue weighted by Gasteiger charge is 2.32. The Bertz CT molecular complexity index is 729. The molecule has 1 amide bonds. The number of hydrogen-bond donors (Lipinski definition) is 3. The number of pyridine rings is 1. The van der Waals surface area contributed by atoms with E-state index in [1.807, 2.05) is 28.8 Å². The molecule has 0 aromatic carbocycles. The molecule has 2 bridgehead atoms. The number of fused-ring (bicyclic) bond motifs is 3. The molecule has 0 spiro atoms. The highest BCUT2D eigenvalue weighted by molar-refractivity contribution is 5.75. The normalized spacial score (nSPS) is 25.8. The van der Waals surface area contributed by atoms with Gasteiger partial charge >= 0.3 is 0 Å². The minimum absolute atomic E-state index is 0.0862. The third-order valence-corrected chi connectivity index (χ3v) is 5.46. The lowest BCUT2D eigenvalue weighted by Crippen LogP contribution is -2.54. The van der Waals surface area contributed by atoms with E-state index in [4.69, 9.17) is 0 Å². The minimum Gasteiger partial charge on any atom is -0.349 e. The summed E-state index contributed by atoms with van der Waals surface area (Å²) in [5.41, 5.74) is 0.800. The monoisotopic (exact) mass is 342 g/mol. The number of piperidine rings is 2. The molecule has 134 valence electrons. The average Bonchev–Trinajstić information content (AvgIpc) is 3.05. The molecule has 7 heteroatoms. The lowest BCUT2D eigenvalue weighted by Gasteiger charge is -2.41. The zero-order chi connectivity index (χ0) is 17.1. The maximum atomic E-state index is 12.1. The van der Waals surface area contributed by atoms with E-state index in [0.29, 0.717) is 19.0 Å². The van der Waals surface area contributed by atoms with Gasteiger partial charge in [0.05, 0.1) is 6.54 Å². The summed E-state index contributed by atoms with van der Waals surface area (Å²) in [5, 5.41) is 18.4. The lowest BCUT2D eigenvalue weighted by atomic mass is 9.80. The maximum absolute atomic E-state index is 12.1. The van der Waals surface area contributed by atoms with Crippen molar-refractivity contribution in [1.29, 1.82) is 0 Å². The highest BCUT2D eigenvalue weighted by atomic mass is 16.1. The molecule has 25 heavy (non-hydrogen) atoms. The molecule has 2 aromatic rings. The predicted molar refractivity (Wildman–Crippen MR) is 94.9 cm³/mol. The van der Waals surface area contributed by atoms with Crippen molar-refractivity contribution in [2.24, 2.45) is 11.8 Å². The van der Waals surface area contributed by atoms with Gasteiger partial charge in [0.1, 0.15) is 0 Å². The fraction of sp³-hybridized carbons (Fsp3) is 0.611. The quantitative estimate of drug-likeness (QED) is 0.720. The Kier molecular flexibility index (Phi) is 4.94. The Morgan fingerprint density at radius 1 is 1.28 bits per heavy atom. The number of amides is 1. The van der Waals surface area contributed by atoms with Crippen molar-refractivity contribution in [3.8, 4) is 0 Å². The first-order valence-electron chi connectivity index (χ1n) is 9.29. The summed E-state index contributed by atoms with van der Waals surface area (Å²) in [7, 11) is 0. The number of hydrogen-bond acceptors (Lipinski definition) is 5. The predicted octanol–water partition coefficient (Wildman–Crippen LogP) is 0.713. The fourth-order valence-corrected chi connectivity index (χ4v) is 4.11. The smallest absolute Gasteiger partial charge is 0.220 e. The summed E-state index contributed by atoms with van der Waals surface area (Å²) in [4.78, 5) is 12.1. The molecule has 3 atom stereocenters. The highest BCUT2D eigenvalue weighted by Crippen LogP contribution is 2.26. The van der Waals surface area contributed by atoms with Crippen LogP contribution in [0.25, 0.3) is 5.65 Å². The first kappa shape index (κ1) is 16.5. The largest absolute Gasteiger partial charge is 0.349 e. The Balaban J connectivity index is 1.20.